The molecule has 0 spiro atoms. The zero-order valence-corrected chi connectivity index (χ0v) is 11.9. The highest BCUT2D eigenvalue weighted by Crippen LogP contribution is 2.49. The Morgan fingerprint density at radius 3 is 2.95 bits per heavy atom. The number of hydrogen-bond acceptors (Lipinski definition) is 3. The maximum absolute atomic E-state index is 12.0. The highest BCUT2D eigenvalue weighted by Gasteiger charge is 2.42. The van der Waals surface area contributed by atoms with Crippen LogP contribution in [0, 0.1) is 5.92 Å². The summed E-state index contributed by atoms with van der Waals surface area (Å²) in [7, 11) is 0. The summed E-state index contributed by atoms with van der Waals surface area (Å²) in [5.74, 6) is 1.61. The molecule has 1 aliphatic heterocycles. The van der Waals surface area contributed by atoms with Gasteiger partial charge >= 0.3 is 5.97 Å². The lowest BCUT2D eigenvalue weighted by Gasteiger charge is -2.26. The largest absolute Gasteiger partial charge is 0.494 e. The highest BCUT2D eigenvalue weighted by molar-refractivity contribution is 5.80. The third-order valence-corrected chi connectivity index (χ3v) is 4.16. The second kappa shape index (κ2) is 5.31. The van der Waals surface area contributed by atoms with E-state index in [1.54, 1.807) is 0 Å². The van der Waals surface area contributed by atoms with E-state index in [4.69, 9.17) is 9.47 Å². The first-order chi connectivity index (χ1) is 9.69. The van der Waals surface area contributed by atoms with E-state index in [0.717, 1.165) is 49.2 Å². The van der Waals surface area contributed by atoms with Crippen molar-refractivity contribution in [3.63, 3.8) is 0 Å². The van der Waals surface area contributed by atoms with Crippen LogP contribution in [-0.2, 0) is 4.79 Å². The smallest absolute Gasteiger partial charge is 0.315 e. The van der Waals surface area contributed by atoms with Crippen LogP contribution in [0.1, 0.15) is 44.1 Å². The summed E-state index contributed by atoms with van der Waals surface area (Å²) in [4.78, 5) is 12.0. The van der Waals surface area contributed by atoms with E-state index in [1.165, 1.54) is 0 Å². The van der Waals surface area contributed by atoms with Crippen LogP contribution in [0.2, 0.25) is 0 Å². The van der Waals surface area contributed by atoms with Crippen LogP contribution in [-0.4, -0.2) is 12.6 Å². The highest BCUT2D eigenvalue weighted by atomic mass is 16.5. The topological polar surface area (TPSA) is 35.5 Å². The van der Waals surface area contributed by atoms with Crippen LogP contribution in [0.3, 0.4) is 0 Å². The van der Waals surface area contributed by atoms with Crippen LogP contribution in [0.15, 0.2) is 30.4 Å². The number of rotatable bonds is 4. The molecular weight excluding hydrogens is 252 g/mol. The zero-order chi connectivity index (χ0) is 14.1. The minimum atomic E-state index is -0.110. The summed E-state index contributed by atoms with van der Waals surface area (Å²) >= 11 is 0. The van der Waals surface area contributed by atoms with E-state index < -0.39 is 0 Å². The van der Waals surface area contributed by atoms with Crippen molar-refractivity contribution in [1.29, 1.82) is 0 Å². The minimum Gasteiger partial charge on any atom is -0.494 e. The Hall–Kier alpha value is -1.77. The van der Waals surface area contributed by atoms with Gasteiger partial charge in [-0.15, -0.1) is 0 Å². The van der Waals surface area contributed by atoms with E-state index >= 15 is 0 Å². The fourth-order valence-corrected chi connectivity index (χ4v) is 3.08. The number of esters is 1. The third kappa shape index (κ3) is 2.33. The number of allylic oxidation sites excluding steroid dienone is 1. The van der Waals surface area contributed by atoms with E-state index in [9.17, 15) is 4.79 Å². The Kier molecular flexibility index (Phi) is 3.51. The molecule has 0 bridgehead atoms. The normalized spacial score (nSPS) is 24.1. The Morgan fingerprint density at radius 1 is 1.35 bits per heavy atom. The van der Waals surface area contributed by atoms with Crippen molar-refractivity contribution in [2.24, 2.45) is 5.92 Å². The lowest BCUT2D eigenvalue weighted by molar-refractivity contribution is -0.140. The number of carbonyl (C=O) groups is 1. The van der Waals surface area contributed by atoms with Gasteiger partial charge in [-0.25, -0.2) is 0 Å². The van der Waals surface area contributed by atoms with Crippen molar-refractivity contribution in [3.05, 3.63) is 35.9 Å². The van der Waals surface area contributed by atoms with Crippen LogP contribution in [0.25, 0.3) is 0 Å². The van der Waals surface area contributed by atoms with Crippen molar-refractivity contribution < 1.29 is 14.3 Å². The molecule has 0 unspecified atom stereocenters. The first-order valence-corrected chi connectivity index (χ1v) is 7.34. The van der Waals surface area contributed by atoms with Gasteiger partial charge in [-0.3, -0.25) is 4.79 Å². The molecule has 0 N–H and O–H groups in total. The van der Waals surface area contributed by atoms with E-state index in [0.29, 0.717) is 5.75 Å². The standard InChI is InChI=1S/C17H20O3/c1-3-4-7-19-12-5-6-16-14(10-12)13-8-11(2)9-15(13)17(18)20-16/h5-6,10,13,15H,2-4,7-9H2,1H3/t13-,15-/m0/s1. The molecule has 0 radical (unpaired) electrons. The summed E-state index contributed by atoms with van der Waals surface area (Å²) < 4.78 is 11.2. The molecule has 0 amide bonds. The number of fused-ring (bicyclic) bond motifs is 3. The molecule has 106 valence electrons. The molecule has 1 aromatic carbocycles. The van der Waals surface area contributed by atoms with E-state index in [-0.39, 0.29) is 17.8 Å². The van der Waals surface area contributed by atoms with Crippen molar-refractivity contribution in [3.8, 4) is 11.5 Å². The van der Waals surface area contributed by atoms with Gasteiger partial charge in [0.05, 0.1) is 12.5 Å². The van der Waals surface area contributed by atoms with Crippen molar-refractivity contribution in [1.82, 2.24) is 0 Å². The maximum atomic E-state index is 12.0. The second-order valence-electron chi connectivity index (χ2n) is 5.69. The third-order valence-electron chi connectivity index (χ3n) is 4.16. The summed E-state index contributed by atoms with van der Waals surface area (Å²) in [6.07, 6.45) is 3.80. The number of benzene rings is 1. The van der Waals surface area contributed by atoms with Crippen molar-refractivity contribution >= 4 is 5.97 Å². The summed E-state index contributed by atoms with van der Waals surface area (Å²) in [6.45, 7) is 6.91. The molecule has 1 fully saturated rings. The van der Waals surface area contributed by atoms with Gasteiger partial charge in [0.2, 0.25) is 0 Å². The van der Waals surface area contributed by atoms with Crippen LogP contribution in [0.4, 0.5) is 0 Å². The van der Waals surface area contributed by atoms with Crippen LogP contribution in [0.5, 0.6) is 11.5 Å². The van der Waals surface area contributed by atoms with Gasteiger partial charge in [-0.05, 0) is 37.5 Å². The quantitative estimate of drug-likeness (QED) is 0.361. The first kappa shape index (κ1) is 13.2. The van der Waals surface area contributed by atoms with Crippen LogP contribution < -0.4 is 9.47 Å². The number of unbranched alkanes of at least 4 members (excludes halogenated alkanes) is 1. The van der Waals surface area contributed by atoms with Gasteiger partial charge in [0.25, 0.3) is 0 Å². The zero-order valence-electron chi connectivity index (χ0n) is 11.9. The fourth-order valence-electron chi connectivity index (χ4n) is 3.08. The lowest BCUT2D eigenvalue weighted by atomic mass is 9.86. The van der Waals surface area contributed by atoms with E-state index in [2.05, 4.69) is 13.5 Å². The van der Waals surface area contributed by atoms with Gasteiger partial charge in [-0.2, -0.15) is 0 Å². The van der Waals surface area contributed by atoms with Gasteiger partial charge in [0, 0.05) is 11.5 Å². The molecule has 1 heterocycles. The summed E-state index contributed by atoms with van der Waals surface area (Å²) in [5.41, 5.74) is 2.24. The Labute approximate surface area is 119 Å². The molecule has 3 nitrogen and oxygen atoms in total. The molecule has 2 aliphatic rings. The monoisotopic (exact) mass is 272 g/mol. The molecule has 1 aromatic rings. The molecule has 3 rings (SSSR count). The molecule has 0 saturated heterocycles. The molecule has 3 heteroatoms. The lowest BCUT2D eigenvalue weighted by Crippen LogP contribution is -2.28. The number of carbonyl (C=O) groups excluding carboxylic acids is 1. The average molecular weight is 272 g/mol. The Bertz CT molecular complexity index is 547. The first-order valence-electron chi connectivity index (χ1n) is 7.34. The molecule has 20 heavy (non-hydrogen) atoms. The van der Waals surface area contributed by atoms with Gasteiger partial charge in [-0.1, -0.05) is 25.5 Å². The molecule has 0 aromatic heterocycles. The van der Waals surface area contributed by atoms with Gasteiger partial charge in [0.1, 0.15) is 11.5 Å². The van der Waals surface area contributed by atoms with E-state index in [1.807, 2.05) is 18.2 Å². The molecule has 1 saturated carbocycles. The average Bonchev–Trinajstić information content (AvgIpc) is 2.82. The SMILES string of the molecule is C=C1C[C@@H]2C(=O)Oc3ccc(OCCCC)cc3[C@@H]2C1. The van der Waals surface area contributed by atoms with Crippen LogP contribution >= 0.6 is 0 Å². The number of hydrogen-bond donors (Lipinski definition) is 0. The maximum Gasteiger partial charge on any atom is 0.315 e. The Balaban J connectivity index is 1.86. The van der Waals surface area contributed by atoms with Crippen molar-refractivity contribution in [2.45, 2.75) is 38.5 Å². The second-order valence-corrected chi connectivity index (χ2v) is 5.69. The van der Waals surface area contributed by atoms with Gasteiger partial charge in [0.15, 0.2) is 0 Å². The predicted octanol–water partition coefficient (Wildman–Crippen LogP) is 3.83. The number of ether oxygens (including phenoxy) is 2. The molecule has 1 aliphatic carbocycles. The van der Waals surface area contributed by atoms with Crippen molar-refractivity contribution in [2.75, 3.05) is 6.61 Å². The Morgan fingerprint density at radius 2 is 2.15 bits per heavy atom. The summed E-state index contributed by atoms with van der Waals surface area (Å²) in [6, 6.07) is 5.77. The molecular formula is C17H20O3. The fraction of sp³-hybridized carbons (Fsp3) is 0.471. The predicted molar refractivity (Wildman–Crippen MR) is 77.1 cm³/mol. The summed E-state index contributed by atoms with van der Waals surface area (Å²) in [5, 5.41) is 0. The van der Waals surface area contributed by atoms with Gasteiger partial charge < -0.3 is 9.47 Å². The minimum absolute atomic E-state index is 0.0547. The molecule has 2 atom stereocenters.